The average Bonchev–Trinajstić information content (AvgIpc) is 2.78. The Kier molecular flexibility index (Phi) is 11.0. The highest BCUT2D eigenvalue weighted by molar-refractivity contribution is 7.99. The third-order valence-corrected chi connectivity index (χ3v) is 6.62. The zero-order valence-electron chi connectivity index (χ0n) is 18.9. The van der Waals surface area contributed by atoms with Crippen LogP contribution in [0.1, 0.15) is 52.0 Å². The molecule has 0 aliphatic heterocycles. The van der Waals surface area contributed by atoms with E-state index >= 15 is 0 Å². The van der Waals surface area contributed by atoms with Gasteiger partial charge in [0.15, 0.2) is 0 Å². The lowest BCUT2D eigenvalue weighted by molar-refractivity contribution is -0.141. The summed E-state index contributed by atoms with van der Waals surface area (Å²) >= 11 is 7.59. The molecule has 0 bridgehead atoms. The second-order valence-electron chi connectivity index (χ2n) is 7.80. The second kappa shape index (κ2) is 13.5. The molecule has 2 rings (SSSR count). The lowest BCUT2D eigenvalue weighted by Crippen LogP contribution is -2.50. The van der Waals surface area contributed by atoms with Gasteiger partial charge in [-0.1, -0.05) is 37.6 Å². The van der Waals surface area contributed by atoms with Gasteiger partial charge in [-0.2, -0.15) is 0 Å². The van der Waals surface area contributed by atoms with Crippen molar-refractivity contribution in [2.75, 3.05) is 5.75 Å². The van der Waals surface area contributed by atoms with E-state index in [1.165, 1.54) is 12.1 Å². The maximum Gasteiger partial charge on any atom is 0.243 e. The predicted octanol–water partition coefficient (Wildman–Crippen LogP) is 6.07. The van der Waals surface area contributed by atoms with Gasteiger partial charge in [0, 0.05) is 28.9 Å². The highest BCUT2D eigenvalue weighted by atomic mass is 35.5. The zero-order valence-corrected chi connectivity index (χ0v) is 20.5. The first-order chi connectivity index (χ1) is 15.3. The van der Waals surface area contributed by atoms with Crippen molar-refractivity contribution in [2.45, 2.75) is 70.0 Å². The molecule has 0 unspecified atom stereocenters. The largest absolute Gasteiger partial charge is 0.352 e. The van der Waals surface area contributed by atoms with E-state index in [9.17, 15) is 14.0 Å². The molecular weight excluding hydrogens is 447 g/mol. The number of carbonyl (C=O) groups is 2. The number of halogens is 2. The van der Waals surface area contributed by atoms with Crippen LogP contribution in [0.4, 0.5) is 4.39 Å². The molecule has 0 saturated heterocycles. The van der Waals surface area contributed by atoms with E-state index in [4.69, 9.17) is 11.6 Å². The SMILES string of the molecule is CC[C@@H](C)NC(=O)[C@H](CC)N(Cc1ccc(F)cc1)C(=O)CCCSc1ccc(Cl)cc1. The number of hydrogen-bond donors (Lipinski definition) is 1. The standard InChI is InChI=1S/C25H32ClFN2O2S/c1-4-18(3)28-25(31)23(5-2)29(17-19-8-12-21(27)13-9-19)24(30)7-6-16-32-22-14-10-20(26)11-15-22/h8-15,18,23H,4-7,16-17H2,1-3H3,(H,28,31)/t18-,23+/m1/s1. The van der Waals surface area contributed by atoms with Gasteiger partial charge in [-0.3, -0.25) is 9.59 Å². The molecule has 0 spiro atoms. The van der Waals surface area contributed by atoms with E-state index in [1.807, 2.05) is 45.0 Å². The monoisotopic (exact) mass is 478 g/mol. The highest BCUT2D eigenvalue weighted by Crippen LogP contribution is 2.22. The lowest BCUT2D eigenvalue weighted by Gasteiger charge is -2.31. The summed E-state index contributed by atoms with van der Waals surface area (Å²) in [4.78, 5) is 28.8. The maximum absolute atomic E-state index is 13.3. The molecule has 2 aromatic rings. The fourth-order valence-electron chi connectivity index (χ4n) is 3.23. The molecule has 0 saturated carbocycles. The van der Waals surface area contributed by atoms with Crippen molar-refractivity contribution in [1.29, 1.82) is 0 Å². The number of rotatable bonds is 12. The molecule has 1 N–H and O–H groups in total. The minimum atomic E-state index is -0.564. The van der Waals surface area contributed by atoms with Crippen LogP contribution in [0.3, 0.4) is 0 Å². The van der Waals surface area contributed by atoms with Crippen molar-refractivity contribution in [1.82, 2.24) is 10.2 Å². The summed E-state index contributed by atoms with van der Waals surface area (Å²) in [6.45, 7) is 6.13. The van der Waals surface area contributed by atoms with Gasteiger partial charge in [-0.25, -0.2) is 4.39 Å². The Hall–Kier alpha value is -2.05. The van der Waals surface area contributed by atoms with Crippen LogP contribution in [0.2, 0.25) is 5.02 Å². The fraction of sp³-hybridized carbons (Fsp3) is 0.440. The van der Waals surface area contributed by atoms with Crippen molar-refractivity contribution in [3.05, 3.63) is 64.9 Å². The molecule has 0 fully saturated rings. The van der Waals surface area contributed by atoms with Gasteiger partial charge in [0.1, 0.15) is 11.9 Å². The second-order valence-corrected chi connectivity index (χ2v) is 9.40. The molecule has 2 atom stereocenters. The summed E-state index contributed by atoms with van der Waals surface area (Å²) in [7, 11) is 0. The Labute approximate surface area is 199 Å². The van der Waals surface area contributed by atoms with Crippen LogP contribution in [-0.4, -0.2) is 34.6 Å². The van der Waals surface area contributed by atoms with Crippen molar-refractivity contribution in [3.63, 3.8) is 0 Å². The van der Waals surface area contributed by atoms with E-state index in [1.54, 1.807) is 28.8 Å². The van der Waals surface area contributed by atoms with Gasteiger partial charge < -0.3 is 10.2 Å². The zero-order chi connectivity index (χ0) is 23.5. The number of carbonyl (C=O) groups excluding carboxylic acids is 2. The van der Waals surface area contributed by atoms with E-state index in [2.05, 4.69) is 5.32 Å². The summed E-state index contributed by atoms with van der Waals surface area (Å²) in [5.41, 5.74) is 0.796. The minimum Gasteiger partial charge on any atom is -0.352 e. The summed E-state index contributed by atoms with van der Waals surface area (Å²) in [6, 6.07) is 13.2. The third kappa shape index (κ3) is 8.47. The lowest BCUT2D eigenvalue weighted by atomic mass is 10.1. The Morgan fingerprint density at radius 3 is 2.31 bits per heavy atom. The van der Waals surface area contributed by atoms with E-state index in [0.717, 1.165) is 22.6 Å². The van der Waals surface area contributed by atoms with Crippen LogP contribution in [-0.2, 0) is 16.1 Å². The number of thioether (sulfide) groups is 1. The maximum atomic E-state index is 13.3. The topological polar surface area (TPSA) is 49.4 Å². The molecule has 2 amide bonds. The van der Waals surface area contributed by atoms with Crippen LogP contribution in [0.5, 0.6) is 0 Å². The van der Waals surface area contributed by atoms with E-state index < -0.39 is 6.04 Å². The van der Waals surface area contributed by atoms with Crippen molar-refractivity contribution in [2.24, 2.45) is 0 Å². The fourth-order valence-corrected chi connectivity index (χ4v) is 4.21. The van der Waals surface area contributed by atoms with Crippen LogP contribution in [0, 0.1) is 5.82 Å². The Bertz CT molecular complexity index is 861. The quantitative estimate of drug-likeness (QED) is 0.297. The summed E-state index contributed by atoms with van der Waals surface area (Å²) < 4.78 is 13.3. The first-order valence-electron chi connectivity index (χ1n) is 11.1. The van der Waals surface area contributed by atoms with Crippen molar-refractivity contribution < 1.29 is 14.0 Å². The molecule has 2 aromatic carbocycles. The number of nitrogens with zero attached hydrogens (tertiary/aromatic N) is 1. The first kappa shape index (κ1) is 26.2. The molecule has 0 heterocycles. The molecule has 0 aliphatic rings. The normalized spacial score (nSPS) is 12.8. The third-order valence-electron chi connectivity index (χ3n) is 5.27. The number of benzene rings is 2. The Morgan fingerprint density at radius 2 is 1.72 bits per heavy atom. The van der Waals surface area contributed by atoms with Crippen LogP contribution in [0.25, 0.3) is 0 Å². The summed E-state index contributed by atoms with van der Waals surface area (Å²) in [5.74, 6) is 0.241. The first-order valence-corrected chi connectivity index (χ1v) is 12.4. The molecule has 0 aromatic heterocycles. The Balaban J connectivity index is 2.05. The van der Waals surface area contributed by atoms with Gasteiger partial charge in [0.2, 0.25) is 11.8 Å². The molecular formula is C25H32ClFN2O2S. The van der Waals surface area contributed by atoms with Crippen molar-refractivity contribution >= 4 is 35.2 Å². The minimum absolute atomic E-state index is 0.0371. The number of nitrogens with one attached hydrogen (secondary N) is 1. The van der Waals surface area contributed by atoms with Gasteiger partial charge in [-0.15, -0.1) is 11.8 Å². The number of hydrogen-bond acceptors (Lipinski definition) is 3. The molecule has 174 valence electrons. The summed E-state index contributed by atoms with van der Waals surface area (Å²) in [6.07, 6.45) is 2.36. The number of amides is 2. The van der Waals surface area contributed by atoms with Crippen LogP contribution in [0.15, 0.2) is 53.4 Å². The highest BCUT2D eigenvalue weighted by Gasteiger charge is 2.28. The molecule has 0 aliphatic carbocycles. The van der Waals surface area contributed by atoms with Gasteiger partial charge in [0.05, 0.1) is 0 Å². The van der Waals surface area contributed by atoms with Crippen LogP contribution >= 0.6 is 23.4 Å². The molecule has 4 nitrogen and oxygen atoms in total. The predicted molar refractivity (Wildman–Crippen MR) is 130 cm³/mol. The Morgan fingerprint density at radius 1 is 1.06 bits per heavy atom. The van der Waals surface area contributed by atoms with E-state index in [-0.39, 0.29) is 30.2 Å². The molecule has 32 heavy (non-hydrogen) atoms. The van der Waals surface area contributed by atoms with E-state index in [0.29, 0.717) is 24.3 Å². The van der Waals surface area contributed by atoms with Gasteiger partial charge >= 0.3 is 0 Å². The van der Waals surface area contributed by atoms with Gasteiger partial charge in [0.25, 0.3) is 0 Å². The van der Waals surface area contributed by atoms with Crippen LogP contribution < -0.4 is 5.32 Å². The molecule has 7 heteroatoms. The molecule has 0 radical (unpaired) electrons. The average molecular weight is 479 g/mol. The summed E-state index contributed by atoms with van der Waals surface area (Å²) in [5, 5.41) is 3.69. The smallest absolute Gasteiger partial charge is 0.243 e. The van der Waals surface area contributed by atoms with Gasteiger partial charge in [-0.05, 0) is 73.9 Å². The van der Waals surface area contributed by atoms with Crippen molar-refractivity contribution in [3.8, 4) is 0 Å².